The fraction of sp³-hybridized carbons (Fsp3) is 0. The second-order valence-corrected chi connectivity index (χ2v) is 6.31. The Kier molecular flexibility index (Phi) is 3.77. The number of hydrogen-bond donors (Lipinski definition) is 2. The molecule has 4 nitrogen and oxygen atoms in total. The van der Waals surface area contributed by atoms with E-state index >= 15 is 0 Å². The lowest BCUT2D eigenvalue weighted by Gasteiger charge is -2.09. The van der Waals surface area contributed by atoms with Gasteiger partial charge in [-0.2, -0.15) is 0 Å². The molecule has 0 fully saturated rings. The van der Waals surface area contributed by atoms with Crippen LogP contribution in [-0.2, 0) is 10.0 Å². The van der Waals surface area contributed by atoms with E-state index in [1.807, 2.05) is 0 Å². The zero-order chi connectivity index (χ0) is 14.0. The Balaban J connectivity index is 2.38. The third-order valence-corrected chi connectivity index (χ3v) is 4.45. The predicted molar refractivity (Wildman–Crippen MR) is 75.8 cm³/mol. The van der Waals surface area contributed by atoms with E-state index in [0.717, 1.165) is 0 Å². The Hall–Kier alpha value is -1.60. The summed E-state index contributed by atoms with van der Waals surface area (Å²) in [6, 6.07) is 9.71. The van der Waals surface area contributed by atoms with Crippen LogP contribution >= 0.6 is 15.9 Å². The first-order valence-electron chi connectivity index (χ1n) is 5.22. The molecule has 19 heavy (non-hydrogen) atoms. The van der Waals surface area contributed by atoms with E-state index in [0.29, 0.717) is 10.2 Å². The first kappa shape index (κ1) is 13.8. The molecule has 0 aliphatic carbocycles. The van der Waals surface area contributed by atoms with Crippen LogP contribution in [0.2, 0.25) is 0 Å². The van der Waals surface area contributed by atoms with E-state index in [1.165, 1.54) is 36.4 Å². The zero-order valence-electron chi connectivity index (χ0n) is 9.60. The number of anilines is 2. The highest BCUT2D eigenvalue weighted by molar-refractivity contribution is 9.10. The van der Waals surface area contributed by atoms with Crippen LogP contribution in [0.1, 0.15) is 0 Å². The molecule has 0 atom stereocenters. The normalized spacial score (nSPS) is 11.3. The molecule has 0 saturated carbocycles. The van der Waals surface area contributed by atoms with Gasteiger partial charge in [0.15, 0.2) is 0 Å². The van der Waals surface area contributed by atoms with Crippen molar-refractivity contribution in [3.8, 4) is 0 Å². The molecule has 0 spiro atoms. The molecule has 7 heteroatoms. The molecule has 0 aromatic heterocycles. The van der Waals surface area contributed by atoms with Crippen molar-refractivity contribution < 1.29 is 12.8 Å². The highest BCUT2D eigenvalue weighted by Gasteiger charge is 2.16. The first-order valence-corrected chi connectivity index (χ1v) is 7.50. The van der Waals surface area contributed by atoms with Gasteiger partial charge in [-0.1, -0.05) is 12.1 Å². The van der Waals surface area contributed by atoms with Crippen molar-refractivity contribution in [2.75, 3.05) is 10.5 Å². The summed E-state index contributed by atoms with van der Waals surface area (Å²) in [6.07, 6.45) is 0. The number of para-hydroxylation sites is 1. The lowest BCUT2D eigenvalue weighted by atomic mass is 10.3. The van der Waals surface area contributed by atoms with Crippen LogP contribution in [0.25, 0.3) is 0 Å². The number of halogens is 2. The van der Waals surface area contributed by atoms with Gasteiger partial charge in [0.05, 0.1) is 10.6 Å². The van der Waals surface area contributed by atoms with Crippen molar-refractivity contribution in [1.82, 2.24) is 0 Å². The lowest BCUT2D eigenvalue weighted by molar-refractivity contribution is 0.598. The average molecular weight is 345 g/mol. The summed E-state index contributed by atoms with van der Waals surface area (Å²) in [4.78, 5) is -0.00294. The van der Waals surface area contributed by atoms with Gasteiger partial charge in [0.2, 0.25) is 0 Å². The van der Waals surface area contributed by atoms with Gasteiger partial charge in [-0.3, -0.25) is 4.72 Å². The van der Waals surface area contributed by atoms with Crippen LogP contribution < -0.4 is 10.5 Å². The molecular formula is C12H10BrFN2O2S. The van der Waals surface area contributed by atoms with Gasteiger partial charge in [0.25, 0.3) is 10.0 Å². The fourth-order valence-corrected chi connectivity index (χ4v) is 3.05. The number of hydrogen-bond acceptors (Lipinski definition) is 3. The molecule has 0 bridgehead atoms. The molecule has 0 heterocycles. The maximum Gasteiger partial charge on any atom is 0.262 e. The van der Waals surface area contributed by atoms with Crippen LogP contribution in [0.15, 0.2) is 51.8 Å². The summed E-state index contributed by atoms with van der Waals surface area (Å²) in [6.45, 7) is 0. The zero-order valence-corrected chi connectivity index (χ0v) is 12.0. The van der Waals surface area contributed by atoms with Crippen LogP contribution in [0.5, 0.6) is 0 Å². The lowest BCUT2D eigenvalue weighted by Crippen LogP contribution is -2.14. The Morgan fingerprint density at radius 2 is 1.84 bits per heavy atom. The average Bonchev–Trinajstić information content (AvgIpc) is 2.35. The van der Waals surface area contributed by atoms with Crippen LogP contribution in [0.4, 0.5) is 15.8 Å². The molecule has 0 saturated heterocycles. The summed E-state index contributed by atoms with van der Waals surface area (Å²) in [5.41, 5.74) is 5.91. The smallest absolute Gasteiger partial charge is 0.262 e. The van der Waals surface area contributed by atoms with Crippen molar-refractivity contribution in [3.05, 3.63) is 52.8 Å². The molecule has 0 radical (unpaired) electrons. The standard InChI is InChI=1S/C12H10BrFN2O2S/c13-9-7-8(5-6-11(9)15)19(17,18)16-12-4-2-1-3-10(12)14/h1-7,16H,15H2. The quantitative estimate of drug-likeness (QED) is 0.840. The van der Waals surface area contributed by atoms with Gasteiger partial charge < -0.3 is 5.73 Å². The van der Waals surface area contributed by atoms with E-state index in [-0.39, 0.29) is 10.6 Å². The molecular weight excluding hydrogens is 335 g/mol. The third kappa shape index (κ3) is 3.05. The van der Waals surface area contributed by atoms with Crippen molar-refractivity contribution in [3.63, 3.8) is 0 Å². The fourth-order valence-electron chi connectivity index (χ4n) is 1.42. The Morgan fingerprint density at radius 1 is 1.16 bits per heavy atom. The topological polar surface area (TPSA) is 72.2 Å². The first-order chi connectivity index (χ1) is 8.90. The van der Waals surface area contributed by atoms with Crippen molar-refractivity contribution >= 4 is 37.3 Å². The van der Waals surface area contributed by atoms with E-state index in [1.54, 1.807) is 6.07 Å². The Morgan fingerprint density at radius 3 is 2.47 bits per heavy atom. The van der Waals surface area contributed by atoms with E-state index < -0.39 is 15.8 Å². The number of rotatable bonds is 3. The number of benzene rings is 2. The minimum atomic E-state index is -3.85. The van der Waals surface area contributed by atoms with Crippen molar-refractivity contribution in [1.29, 1.82) is 0 Å². The second-order valence-electron chi connectivity index (χ2n) is 3.77. The third-order valence-electron chi connectivity index (χ3n) is 2.40. The number of nitrogens with two attached hydrogens (primary N) is 1. The van der Waals surface area contributed by atoms with Gasteiger partial charge in [0, 0.05) is 10.2 Å². The maximum atomic E-state index is 13.4. The molecule has 0 amide bonds. The molecule has 0 aliphatic rings. The number of nitrogen functional groups attached to an aromatic ring is 1. The molecule has 2 aromatic rings. The molecule has 0 unspecified atom stereocenters. The minimum Gasteiger partial charge on any atom is -0.398 e. The van der Waals surface area contributed by atoms with Crippen molar-refractivity contribution in [2.24, 2.45) is 0 Å². The molecule has 3 N–H and O–H groups in total. The van der Waals surface area contributed by atoms with Crippen LogP contribution in [0.3, 0.4) is 0 Å². The van der Waals surface area contributed by atoms with Gasteiger partial charge in [-0.05, 0) is 46.3 Å². The van der Waals surface area contributed by atoms with Crippen molar-refractivity contribution in [2.45, 2.75) is 4.90 Å². The number of nitrogens with one attached hydrogen (secondary N) is 1. The molecule has 0 aliphatic heterocycles. The predicted octanol–water partition coefficient (Wildman–Crippen LogP) is 2.97. The Bertz CT molecular complexity index is 719. The largest absolute Gasteiger partial charge is 0.398 e. The SMILES string of the molecule is Nc1ccc(S(=O)(=O)Nc2ccccc2F)cc1Br. The molecule has 100 valence electrons. The summed E-state index contributed by atoms with van der Waals surface area (Å²) in [7, 11) is -3.85. The molecule has 2 aromatic carbocycles. The highest BCUT2D eigenvalue weighted by Crippen LogP contribution is 2.25. The number of sulfonamides is 1. The highest BCUT2D eigenvalue weighted by atomic mass is 79.9. The van der Waals surface area contributed by atoms with Crippen LogP contribution in [0, 0.1) is 5.82 Å². The summed E-state index contributed by atoms with van der Waals surface area (Å²) in [5, 5.41) is 0. The Labute approximate surface area is 118 Å². The molecule has 2 rings (SSSR count). The van der Waals surface area contributed by atoms with Gasteiger partial charge >= 0.3 is 0 Å². The summed E-state index contributed by atoms with van der Waals surface area (Å²) in [5.74, 6) is -0.638. The van der Waals surface area contributed by atoms with E-state index in [2.05, 4.69) is 20.7 Å². The maximum absolute atomic E-state index is 13.4. The van der Waals surface area contributed by atoms with Gasteiger partial charge in [0.1, 0.15) is 5.82 Å². The minimum absolute atomic E-state index is 0.00294. The van der Waals surface area contributed by atoms with E-state index in [9.17, 15) is 12.8 Å². The second kappa shape index (κ2) is 5.18. The summed E-state index contributed by atoms with van der Waals surface area (Å²) >= 11 is 3.15. The van der Waals surface area contributed by atoms with Gasteiger partial charge in [-0.25, -0.2) is 12.8 Å². The monoisotopic (exact) mass is 344 g/mol. The van der Waals surface area contributed by atoms with E-state index in [4.69, 9.17) is 5.73 Å². The van der Waals surface area contributed by atoms with Gasteiger partial charge in [-0.15, -0.1) is 0 Å². The summed E-state index contributed by atoms with van der Waals surface area (Å²) < 4.78 is 40.2. The van der Waals surface area contributed by atoms with Crippen LogP contribution in [-0.4, -0.2) is 8.42 Å².